The molecule has 4 atom stereocenters. The lowest BCUT2D eigenvalue weighted by Gasteiger charge is -2.45. The summed E-state index contributed by atoms with van der Waals surface area (Å²) >= 11 is 0. The summed E-state index contributed by atoms with van der Waals surface area (Å²) in [4.78, 5) is 41.2. The first kappa shape index (κ1) is 32.9. The zero-order valence-corrected chi connectivity index (χ0v) is 25.6. The van der Waals surface area contributed by atoms with E-state index < -0.39 is 29.2 Å². The van der Waals surface area contributed by atoms with E-state index in [-0.39, 0.29) is 30.4 Å². The summed E-state index contributed by atoms with van der Waals surface area (Å²) in [5.74, 6) is -3.32. The number of carbonyl (C=O) groups excluding carboxylic acids is 2. The van der Waals surface area contributed by atoms with Crippen molar-refractivity contribution in [3.63, 3.8) is 0 Å². The fourth-order valence-electron chi connectivity index (χ4n) is 5.90. The van der Waals surface area contributed by atoms with Gasteiger partial charge in [-0.25, -0.2) is 4.79 Å². The third-order valence-corrected chi connectivity index (χ3v) is 8.38. The number of nitrogens with zero attached hydrogens (tertiary/aromatic N) is 1. The first-order valence-electron chi connectivity index (χ1n) is 15.3. The minimum Gasteiger partial charge on any atom is -0.481 e. The Kier molecular flexibility index (Phi) is 12.0. The molecule has 3 rings (SSSR count). The van der Waals surface area contributed by atoms with Crippen LogP contribution < -0.4 is 10.6 Å². The monoisotopic (exact) mass is 573 g/mol. The molecule has 9 heteroatoms. The van der Waals surface area contributed by atoms with Gasteiger partial charge in [0, 0.05) is 31.1 Å². The zero-order valence-electron chi connectivity index (χ0n) is 25.6. The molecule has 1 aliphatic heterocycles. The smallest absolute Gasteiger partial charge is 0.317 e. The number of ether oxygens (including phenoxy) is 2. The summed E-state index contributed by atoms with van der Waals surface area (Å²) in [5, 5.41) is 16.3. The second-order valence-electron chi connectivity index (χ2n) is 12.8. The van der Waals surface area contributed by atoms with Gasteiger partial charge in [-0.05, 0) is 44.6 Å². The number of unbranched alkanes of at least 4 members (excludes halogenated alkanes) is 3. The second-order valence-corrected chi connectivity index (χ2v) is 12.8. The quantitative estimate of drug-likeness (QED) is 0.275. The van der Waals surface area contributed by atoms with Gasteiger partial charge in [0.2, 0.25) is 5.91 Å². The van der Waals surface area contributed by atoms with Crippen molar-refractivity contribution in [2.75, 3.05) is 19.7 Å². The largest absolute Gasteiger partial charge is 0.481 e. The van der Waals surface area contributed by atoms with Gasteiger partial charge in [-0.15, -0.1) is 0 Å². The van der Waals surface area contributed by atoms with Gasteiger partial charge in [-0.1, -0.05) is 83.2 Å². The summed E-state index contributed by atoms with van der Waals surface area (Å²) in [6.45, 7) is 11.0. The van der Waals surface area contributed by atoms with Crippen LogP contribution in [0.15, 0.2) is 30.3 Å². The van der Waals surface area contributed by atoms with Gasteiger partial charge < -0.3 is 30.1 Å². The van der Waals surface area contributed by atoms with E-state index in [0.717, 1.165) is 44.1 Å². The lowest BCUT2D eigenvalue weighted by atomic mass is 9.76. The van der Waals surface area contributed by atoms with E-state index in [0.29, 0.717) is 32.5 Å². The maximum atomic E-state index is 13.6. The molecule has 1 saturated carbocycles. The number of aliphatic carboxylic acids is 1. The number of nitrogens with one attached hydrogen (secondary N) is 2. The molecule has 2 fully saturated rings. The van der Waals surface area contributed by atoms with Crippen molar-refractivity contribution in [2.45, 2.75) is 110 Å². The SMILES string of the molecule is CCCCCCN(Cc1ccccc1)C(=O)N[C@H]1CCCC[C@H]1C(CNC(=O)C1OC(C)(C)OCC1(C)C)C(=O)O. The number of carbonyl (C=O) groups is 3. The maximum absolute atomic E-state index is 13.6. The Bertz CT molecular complexity index is 998. The summed E-state index contributed by atoms with van der Waals surface area (Å²) < 4.78 is 11.7. The highest BCUT2D eigenvalue weighted by atomic mass is 16.7. The standard InChI is InChI=1S/C32H51N3O6/c1-6-7-8-14-19-35(21-23-15-10-9-11-16-23)30(39)34-26-18-13-12-17-24(26)25(29(37)38)20-33-28(36)27-31(2,3)22-40-32(4,5)41-27/h9-11,15-16,24-27H,6-8,12-14,17-22H2,1-5H3,(H,33,36)(H,34,39)(H,37,38)/t24-,25?,26-,27?/m0/s1. The summed E-state index contributed by atoms with van der Waals surface area (Å²) in [7, 11) is 0. The third kappa shape index (κ3) is 9.70. The van der Waals surface area contributed by atoms with Crippen LogP contribution in [0.1, 0.15) is 91.5 Å². The molecule has 2 unspecified atom stereocenters. The molecule has 2 aliphatic rings. The average molecular weight is 574 g/mol. The molecule has 0 aromatic heterocycles. The Morgan fingerprint density at radius 2 is 1.76 bits per heavy atom. The Morgan fingerprint density at radius 1 is 1.05 bits per heavy atom. The molecule has 0 bridgehead atoms. The van der Waals surface area contributed by atoms with E-state index >= 15 is 0 Å². The number of urea groups is 1. The van der Waals surface area contributed by atoms with E-state index in [2.05, 4.69) is 17.6 Å². The summed E-state index contributed by atoms with van der Waals surface area (Å²) in [5.41, 5.74) is 0.504. The minimum absolute atomic E-state index is 0.0207. The van der Waals surface area contributed by atoms with Crippen LogP contribution in [0.2, 0.25) is 0 Å². The van der Waals surface area contributed by atoms with Gasteiger partial charge in [0.15, 0.2) is 5.79 Å². The van der Waals surface area contributed by atoms with E-state index in [1.54, 1.807) is 13.8 Å². The van der Waals surface area contributed by atoms with Crippen LogP contribution in [-0.2, 0) is 25.6 Å². The van der Waals surface area contributed by atoms with Crippen LogP contribution in [0, 0.1) is 17.3 Å². The van der Waals surface area contributed by atoms with Crippen molar-refractivity contribution in [3.8, 4) is 0 Å². The molecule has 1 aromatic carbocycles. The van der Waals surface area contributed by atoms with Crippen molar-refractivity contribution in [3.05, 3.63) is 35.9 Å². The Hall–Kier alpha value is -2.65. The van der Waals surface area contributed by atoms with Crippen LogP contribution in [0.25, 0.3) is 0 Å². The topological polar surface area (TPSA) is 117 Å². The first-order chi connectivity index (χ1) is 19.4. The normalized spacial score (nSPS) is 24.2. The molecule has 0 spiro atoms. The highest BCUT2D eigenvalue weighted by Crippen LogP contribution is 2.35. The molecule has 9 nitrogen and oxygen atoms in total. The van der Waals surface area contributed by atoms with Gasteiger partial charge in [0.25, 0.3) is 0 Å². The van der Waals surface area contributed by atoms with Crippen LogP contribution >= 0.6 is 0 Å². The number of amides is 3. The highest BCUT2D eigenvalue weighted by Gasteiger charge is 2.46. The van der Waals surface area contributed by atoms with Gasteiger partial charge in [-0.3, -0.25) is 9.59 Å². The fourth-order valence-corrected chi connectivity index (χ4v) is 5.90. The zero-order chi connectivity index (χ0) is 30.0. The summed E-state index contributed by atoms with van der Waals surface area (Å²) in [6.07, 6.45) is 6.69. The molecular formula is C32H51N3O6. The fraction of sp³-hybridized carbons (Fsp3) is 0.719. The number of hydrogen-bond donors (Lipinski definition) is 3. The van der Waals surface area contributed by atoms with Crippen LogP contribution in [0.4, 0.5) is 4.79 Å². The van der Waals surface area contributed by atoms with E-state index in [4.69, 9.17) is 9.47 Å². The molecule has 41 heavy (non-hydrogen) atoms. The van der Waals surface area contributed by atoms with Crippen LogP contribution in [0.3, 0.4) is 0 Å². The van der Waals surface area contributed by atoms with Gasteiger partial charge in [-0.2, -0.15) is 0 Å². The van der Waals surface area contributed by atoms with Crippen molar-refractivity contribution in [2.24, 2.45) is 17.3 Å². The Morgan fingerprint density at radius 3 is 2.44 bits per heavy atom. The minimum atomic E-state index is -0.968. The van der Waals surface area contributed by atoms with Crippen LogP contribution in [0.5, 0.6) is 0 Å². The number of carboxylic acids is 1. The molecule has 1 saturated heterocycles. The molecule has 0 radical (unpaired) electrons. The lowest BCUT2D eigenvalue weighted by molar-refractivity contribution is -0.304. The van der Waals surface area contributed by atoms with Gasteiger partial charge in [0.05, 0.1) is 12.5 Å². The first-order valence-corrected chi connectivity index (χ1v) is 15.3. The van der Waals surface area contributed by atoms with E-state index in [1.165, 1.54) is 0 Å². The van der Waals surface area contributed by atoms with Gasteiger partial charge >= 0.3 is 12.0 Å². The molecule has 230 valence electrons. The van der Waals surface area contributed by atoms with E-state index in [1.807, 2.05) is 49.1 Å². The predicted molar refractivity (Wildman–Crippen MR) is 158 cm³/mol. The lowest BCUT2D eigenvalue weighted by Crippen LogP contribution is -2.57. The molecule has 3 N–H and O–H groups in total. The Labute approximate surface area is 245 Å². The average Bonchev–Trinajstić information content (AvgIpc) is 2.93. The van der Waals surface area contributed by atoms with Crippen molar-refractivity contribution in [1.82, 2.24) is 15.5 Å². The molecule has 1 aromatic rings. The van der Waals surface area contributed by atoms with Crippen molar-refractivity contribution in [1.29, 1.82) is 0 Å². The maximum Gasteiger partial charge on any atom is 0.317 e. The van der Waals surface area contributed by atoms with Gasteiger partial charge in [0.1, 0.15) is 6.10 Å². The van der Waals surface area contributed by atoms with Crippen molar-refractivity contribution < 1.29 is 29.0 Å². The second kappa shape index (κ2) is 15.0. The van der Waals surface area contributed by atoms with Crippen LogP contribution in [-0.4, -0.2) is 65.5 Å². The highest BCUT2D eigenvalue weighted by molar-refractivity contribution is 5.82. The number of hydrogen-bond acceptors (Lipinski definition) is 5. The number of benzene rings is 1. The third-order valence-electron chi connectivity index (χ3n) is 8.38. The van der Waals surface area contributed by atoms with Crippen molar-refractivity contribution >= 4 is 17.9 Å². The summed E-state index contributed by atoms with van der Waals surface area (Å²) in [6, 6.07) is 9.50. The molecular weight excluding hydrogens is 522 g/mol. The van der Waals surface area contributed by atoms with E-state index in [9.17, 15) is 19.5 Å². The molecule has 3 amide bonds. The number of rotatable bonds is 13. The number of carboxylic acid groups (broad SMARTS) is 1. The molecule has 1 heterocycles. The Balaban J connectivity index is 1.68. The predicted octanol–water partition coefficient (Wildman–Crippen LogP) is 5.33. The molecule has 1 aliphatic carbocycles.